The number of hydrogen-bond donors (Lipinski definition) is 2. The first-order valence-corrected chi connectivity index (χ1v) is 14.1. The molecule has 1 amide bonds. The van der Waals surface area contributed by atoms with E-state index in [2.05, 4.69) is 10.4 Å². The minimum atomic E-state index is -4.06. The van der Waals surface area contributed by atoms with E-state index in [0.717, 1.165) is 24.0 Å². The van der Waals surface area contributed by atoms with E-state index in [-0.39, 0.29) is 65.9 Å². The second-order valence-electron chi connectivity index (χ2n) is 9.76. The smallest absolute Gasteiger partial charge is 0.356 e. The molecule has 0 unspecified atom stereocenters. The minimum Gasteiger partial charge on any atom is -0.476 e. The van der Waals surface area contributed by atoms with Gasteiger partial charge in [0.15, 0.2) is 5.69 Å². The van der Waals surface area contributed by atoms with Crippen molar-refractivity contribution < 1.29 is 32.6 Å². The monoisotopic (exact) mass is 554 g/mol. The summed E-state index contributed by atoms with van der Waals surface area (Å²) >= 11 is 0. The highest BCUT2D eigenvalue weighted by molar-refractivity contribution is 7.89. The number of aromatic nitrogens is 2. The lowest BCUT2D eigenvalue weighted by molar-refractivity contribution is -0.117. The van der Waals surface area contributed by atoms with Gasteiger partial charge in [-0.3, -0.25) is 4.79 Å². The molecule has 1 saturated heterocycles. The van der Waals surface area contributed by atoms with Crippen molar-refractivity contribution in [2.24, 2.45) is 5.92 Å². The molecule has 2 fully saturated rings. The van der Waals surface area contributed by atoms with Crippen molar-refractivity contribution in [1.29, 1.82) is 0 Å². The van der Waals surface area contributed by atoms with Crippen LogP contribution in [0, 0.1) is 26.7 Å². The summed E-state index contributed by atoms with van der Waals surface area (Å²) in [5.74, 6) is -1.40. The van der Waals surface area contributed by atoms with Crippen LogP contribution in [0.5, 0.6) is 11.6 Å². The Morgan fingerprint density at radius 2 is 1.79 bits per heavy atom. The summed E-state index contributed by atoms with van der Waals surface area (Å²) < 4.78 is 41.9. The van der Waals surface area contributed by atoms with Crippen LogP contribution in [0.15, 0.2) is 41.3 Å². The van der Waals surface area contributed by atoms with Gasteiger partial charge in [-0.2, -0.15) is 14.1 Å². The molecule has 0 atom stereocenters. The van der Waals surface area contributed by atoms with Crippen molar-refractivity contribution in [3.63, 3.8) is 0 Å². The zero-order chi connectivity index (χ0) is 27.9. The van der Waals surface area contributed by atoms with E-state index in [1.807, 2.05) is 26.0 Å². The number of carbonyl (C=O) groups excluding carboxylic acids is 1. The predicted molar refractivity (Wildman–Crippen MR) is 142 cm³/mol. The van der Waals surface area contributed by atoms with Gasteiger partial charge in [0.25, 0.3) is 0 Å². The number of nitrogens with zero attached hydrogens (tertiary/aromatic N) is 3. The van der Waals surface area contributed by atoms with E-state index in [4.69, 9.17) is 9.47 Å². The highest BCUT2D eigenvalue weighted by Gasteiger charge is 2.33. The van der Waals surface area contributed by atoms with Gasteiger partial charge in [-0.25, -0.2) is 13.2 Å². The van der Waals surface area contributed by atoms with Crippen LogP contribution in [-0.4, -0.2) is 65.8 Å². The van der Waals surface area contributed by atoms with Gasteiger partial charge in [0.2, 0.25) is 21.8 Å². The fourth-order valence-corrected chi connectivity index (χ4v) is 5.97. The molecule has 1 aliphatic heterocycles. The van der Waals surface area contributed by atoms with Gasteiger partial charge in [-0.05, 0) is 69.0 Å². The average Bonchev–Trinajstić information content (AvgIpc) is 3.72. The van der Waals surface area contributed by atoms with E-state index in [9.17, 15) is 23.1 Å². The molecule has 2 aliphatic rings. The highest BCUT2D eigenvalue weighted by atomic mass is 32.2. The molecule has 5 rings (SSSR count). The van der Waals surface area contributed by atoms with Gasteiger partial charge >= 0.3 is 5.97 Å². The Morgan fingerprint density at radius 3 is 2.46 bits per heavy atom. The molecular formula is C27H30N4O7S. The van der Waals surface area contributed by atoms with Crippen molar-refractivity contribution in [1.82, 2.24) is 14.1 Å². The van der Waals surface area contributed by atoms with Crippen molar-refractivity contribution in [2.45, 2.75) is 38.5 Å². The number of anilines is 1. The average molecular weight is 555 g/mol. The third-order valence-corrected chi connectivity index (χ3v) is 8.95. The number of carboxylic acids is 1. The lowest BCUT2D eigenvalue weighted by atomic mass is 10.1. The molecule has 2 aromatic carbocycles. The molecule has 11 nitrogen and oxygen atoms in total. The van der Waals surface area contributed by atoms with E-state index in [0.29, 0.717) is 11.4 Å². The van der Waals surface area contributed by atoms with Crippen LogP contribution in [0.25, 0.3) is 5.69 Å². The summed E-state index contributed by atoms with van der Waals surface area (Å²) in [7, 11) is -4.06. The van der Waals surface area contributed by atoms with Crippen LogP contribution in [0.4, 0.5) is 5.69 Å². The summed E-state index contributed by atoms with van der Waals surface area (Å²) in [5, 5.41) is 16.9. The summed E-state index contributed by atoms with van der Waals surface area (Å²) in [6.45, 7) is 6.23. The number of benzene rings is 2. The maximum atomic E-state index is 13.8. The van der Waals surface area contributed by atoms with E-state index >= 15 is 0 Å². The molecule has 1 aliphatic carbocycles. The van der Waals surface area contributed by atoms with E-state index < -0.39 is 16.0 Å². The van der Waals surface area contributed by atoms with Crippen LogP contribution in [-0.2, 0) is 19.6 Å². The first-order valence-electron chi connectivity index (χ1n) is 12.7. The maximum absolute atomic E-state index is 13.8. The van der Waals surface area contributed by atoms with Crippen LogP contribution < -0.4 is 10.1 Å². The second-order valence-corrected chi connectivity index (χ2v) is 11.7. The molecule has 1 saturated carbocycles. The number of hydrogen-bond acceptors (Lipinski definition) is 7. The van der Waals surface area contributed by atoms with Crippen molar-refractivity contribution in [3.8, 4) is 17.3 Å². The summed E-state index contributed by atoms with van der Waals surface area (Å²) in [6, 6.07) is 9.96. The van der Waals surface area contributed by atoms with Crippen LogP contribution in [0.1, 0.15) is 40.0 Å². The van der Waals surface area contributed by atoms with Crippen LogP contribution in [0.2, 0.25) is 0 Å². The normalized spacial score (nSPS) is 16.2. The largest absolute Gasteiger partial charge is 0.476 e. The Balaban J connectivity index is 1.63. The van der Waals surface area contributed by atoms with Crippen molar-refractivity contribution in [3.05, 3.63) is 58.8 Å². The van der Waals surface area contributed by atoms with Gasteiger partial charge in [0, 0.05) is 30.3 Å². The second kappa shape index (κ2) is 10.4. The summed E-state index contributed by atoms with van der Waals surface area (Å²) in [5.41, 5.74) is 2.79. The topological polar surface area (TPSA) is 140 Å². The van der Waals surface area contributed by atoms with Gasteiger partial charge in [0.1, 0.15) is 10.6 Å². The number of rotatable bonds is 8. The molecule has 0 radical (unpaired) electrons. The maximum Gasteiger partial charge on any atom is 0.356 e. The number of morpholine rings is 1. The van der Waals surface area contributed by atoms with Gasteiger partial charge < -0.3 is 19.9 Å². The first-order chi connectivity index (χ1) is 18.6. The third-order valence-electron chi connectivity index (χ3n) is 7.03. The number of ether oxygens (including phenoxy) is 2. The van der Waals surface area contributed by atoms with E-state index in [1.165, 1.54) is 21.1 Å². The summed E-state index contributed by atoms with van der Waals surface area (Å²) in [4.78, 5) is 24.2. The lowest BCUT2D eigenvalue weighted by Gasteiger charge is -2.27. The third kappa shape index (κ3) is 5.27. The number of aryl methyl sites for hydroxylation is 1. The first kappa shape index (κ1) is 26.9. The SMILES string of the molecule is Cc1cccc(-n2nc(C(=O)O)c(C)c2Oc2ccc(NC(=O)C3CC3)cc2S(=O)(=O)N2CCOCC2)c1C. The molecule has 206 valence electrons. The minimum absolute atomic E-state index is 0.0163. The van der Waals surface area contributed by atoms with Gasteiger partial charge in [0.05, 0.1) is 18.9 Å². The molecule has 0 bridgehead atoms. The number of sulfonamides is 1. The Morgan fingerprint density at radius 1 is 1.08 bits per heavy atom. The number of nitrogens with one attached hydrogen (secondary N) is 1. The number of carboxylic acid groups (broad SMARTS) is 1. The van der Waals surface area contributed by atoms with Crippen molar-refractivity contribution >= 4 is 27.6 Å². The molecular weight excluding hydrogens is 524 g/mol. The number of aromatic carboxylic acids is 1. The molecule has 12 heteroatoms. The van der Waals surface area contributed by atoms with Crippen LogP contribution in [0.3, 0.4) is 0 Å². The molecule has 39 heavy (non-hydrogen) atoms. The molecule has 2 N–H and O–H groups in total. The Hall–Kier alpha value is -3.74. The van der Waals surface area contributed by atoms with Gasteiger partial charge in [-0.15, -0.1) is 0 Å². The number of amides is 1. The molecule has 1 aromatic heterocycles. The lowest BCUT2D eigenvalue weighted by Crippen LogP contribution is -2.40. The standard InChI is InChI=1S/C27H30N4O7S/c1-16-5-4-6-21(17(16)2)31-26(18(3)24(29-31)27(33)34)38-22-10-9-20(28-25(32)19-7-8-19)15-23(22)39(35,36)30-11-13-37-14-12-30/h4-6,9-10,15,19H,7-8,11-14H2,1-3H3,(H,28,32)(H,33,34). The molecule has 0 spiro atoms. The zero-order valence-electron chi connectivity index (χ0n) is 21.9. The Kier molecular flexibility index (Phi) is 7.19. The quantitative estimate of drug-likeness (QED) is 0.430. The Bertz CT molecular complexity index is 1550. The fourth-order valence-electron chi connectivity index (χ4n) is 4.42. The van der Waals surface area contributed by atoms with Crippen LogP contribution >= 0.6 is 0 Å². The van der Waals surface area contributed by atoms with Crippen molar-refractivity contribution in [2.75, 3.05) is 31.6 Å². The van der Waals surface area contributed by atoms with Gasteiger partial charge in [-0.1, -0.05) is 12.1 Å². The fraction of sp³-hybridized carbons (Fsp3) is 0.370. The molecule has 3 aromatic rings. The highest BCUT2D eigenvalue weighted by Crippen LogP contribution is 2.38. The zero-order valence-corrected chi connectivity index (χ0v) is 22.7. The predicted octanol–water partition coefficient (Wildman–Crippen LogP) is 3.66. The Labute approximate surface area is 226 Å². The summed E-state index contributed by atoms with van der Waals surface area (Å²) in [6.07, 6.45) is 1.61. The van der Waals surface area contributed by atoms with E-state index in [1.54, 1.807) is 19.1 Å². The molecule has 2 heterocycles. The number of carbonyl (C=O) groups is 2.